The van der Waals surface area contributed by atoms with Gasteiger partial charge in [-0.05, 0) is 43.9 Å². The summed E-state index contributed by atoms with van der Waals surface area (Å²) in [6.07, 6.45) is -0.581. The Kier molecular flexibility index (Phi) is 5.90. The molecule has 0 spiro atoms. The number of ether oxygens (including phenoxy) is 2. The highest BCUT2D eigenvalue weighted by Crippen LogP contribution is 2.34. The van der Waals surface area contributed by atoms with Gasteiger partial charge >= 0.3 is 6.18 Å². The maximum absolute atomic E-state index is 12.3. The van der Waals surface area contributed by atoms with Gasteiger partial charge in [-0.1, -0.05) is 12.1 Å². The molecule has 2 fully saturated rings. The van der Waals surface area contributed by atoms with Crippen LogP contribution in [0.15, 0.2) is 29.3 Å². The zero-order chi connectivity index (χ0) is 18.6. The molecule has 2 aliphatic rings. The van der Waals surface area contributed by atoms with Gasteiger partial charge in [-0.15, -0.1) is 0 Å². The number of nitrogens with zero attached hydrogens (tertiary/aromatic N) is 1. The SMILES string of the molecule is CCNC(=NCc1cccc(OCC(F)(F)F)c1)NC1CC2CCC1O2. The van der Waals surface area contributed by atoms with E-state index in [-0.39, 0.29) is 17.9 Å². The van der Waals surface area contributed by atoms with Gasteiger partial charge in [0, 0.05) is 6.54 Å². The van der Waals surface area contributed by atoms with Crippen molar-refractivity contribution in [3.05, 3.63) is 29.8 Å². The minimum Gasteiger partial charge on any atom is -0.484 e. The molecule has 0 aliphatic carbocycles. The lowest BCUT2D eigenvalue weighted by atomic mass is 9.96. The molecule has 0 aromatic heterocycles. The third-order valence-corrected chi connectivity index (χ3v) is 4.49. The van der Waals surface area contributed by atoms with Crippen molar-refractivity contribution in [1.82, 2.24) is 10.6 Å². The van der Waals surface area contributed by atoms with Gasteiger partial charge in [0.15, 0.2) is 12.6 Å². The van der Waals surface area contributed by atoms with E-state index in [1.807, 2.05) is 13.0 Å². The van der Waals surface area contributed by atoms with Gasteiger partial charge in [0.25, 0.3) is 0 Å². The molecule has 1 aromatic rings. The number of aliphatic imine (C=N–C) groups is 1. The molecule has 2 heterocycles. The number of halogens is 3. The average molecular weight is 371 g/mol. The van der Waals surface area contributed by atoms with Gasteiger partial charge in [-0.25, -0.2) is 4.99 Å². The van der Waals surface area contributed by atoms with Crippen LogP contribution in [0.3, 0.4) is 0 Å². The number of alkyl halides is 3. The average Bonchev–Trinajstić information content (AvgIpc) is 3.21. The second-order valence-corrected chi connectivity index (χ2v) is 6.61. The standard InChI is InChI=1S/C18H24F3N3O2/c1-2-22-17(24-15-9-14-6-7-16(15)26-14)23-10-12-4-3-5-13(8-12)25-11-18(19,20)21/h3-5,8,14-16H,2,6-7,9-11H2,1H3,(H2,22,23,24). The normalized spacial score (nSPS) is 25.4. The van der Waals surface area contributed by atoms with Crippen LogP contribution in [0.5, 0.6) is 5.75 Å². The Morgan fingerprint density at radius 1 is 1.35 bits per heavy atom. The summed E-state index contributed by atoms with van der Waals surface area (Å²) in [4.78, 5) is 4.54. The number of hydrogen-bond donors (Lipinski definition) is 2. The smallest absolute Gasteiger partial charge is 0.422 e. The summed E-state index contributed by atoms with van der Waals surface area (Å²) in [5.41, 5.74) is 0.783. The van der Waals surface area contributed by atoms with Crippen molar-refractivity contribution in [3.63, 3.8) is 0 Å². The minimum absolute atomic E-state index is 0.189. The molecule has 0 amide bonds. The number of guanidine groups is 1. The van der Waals surface area contributed by atoms with E-state index in [0.717, 1.165) is 31.4 Å². The fourth-order valence-electron chi connectivity index (χ4n) is 3.35. The predicted molar refractivity (Wildman–Crippen MR) is 92.2 cm³/mol. The molecule has 0 saturated carbocycles. The van der Waals surface area contributed by atoms with E-state index < -0.39 is 12.8 Å². The Bertz CT molecular complexity index is 636. The topological polar surface area (TPSA) is 54.9 Å². The maximum Gasteiger partial charge on any atom is 0.422 e. The van der Waals surface area contributed by atoms with E-state index in [9.17, 15) is 13.2 Å². The summed E-state index contributed by atoms with van der Waals surface area (Å²) < 4.78 is 47.4. The summed E-state index contributed by atoms with van der Waals surface area (Å²) >= 11 is 0. The highest BCUT2D eigenvalue weighted by atomic mass is 19.4. The summed E-state index contributed by atoms with van der Waals surface area (Å²) in [5, 5.41) is 6.61. The number of rotatable bonds is 6. The van der Waals surface area contributed by atoms with E-state index in [2.05, 4.69) is 15.6 Å². The zero-order valence-electron chi connectivity index (χ0n) is 14.7. The van der Waals surface area contributed by atoms with Crippen LogP contribution in [-0.2, 0) is 11.3 Å². The Hall–Kier alpha value is -1.96. The van der Waals surface area contributed by atoms with Gasteiger partial charge in [-0.3, -0.25) is 0 Å². The van der Waals surface area contributed by atoms with Crippen LogP contribution in [-0.4, -0.2) is 43.5 Å². The van der Waals surface area contributed by atoms with Crippen molar-refractivity contribution >= 4 is 5.96 Å². The number of fused-ring (bicyclic) bond motifs is 2. The van der Waals surface area contributed by atoms with Crippen LogP contribution in [0.1, 0.15) is 31.7 Å². The molecule has 2 aliphatic heterocycles. The Balaban J connectivity index is 1.58. The van der Waals surface area contributed by atoms with Crippen molar-refractivity contribution < 1.29 is 22.6 Å². The molecule has 8 heteroatoms. The molecule has 3 unspecified atom stereocenters. The molecule has 0 radical (unpaired) electrons. The summed E-state index contributed by atoms with van der Waals surface area (Å²) in [5.74, 6) is 0.879. The molecule has 2 N–H and O–H groups in total. The third-order valence-electron chi connectivity index (χ3n) is 4.49. The van der Waals surface area contributed by atoms with Crippen LogP contribution in [0.2, 0.25) is 0 Å². The molecule has 3 atom stereocenters. The largest absolute Gasteiger partial charge is 0.484 e. The van der Waals surface area contributed by atoms with Gasteiger partial charge in [0.2, 0.25) is 0 Å². The molecule has 1 aromatic carbocycles. The Morgan fingerprint density at radius 2 is 2.19 bits per heavy atom. The highest BCUT2D eigenvalue weighted by Gasteiger charge is 2.41. The molecule has 2 bridgehead atoms. The first kappa shape index (κ1) is 18.8. The van der Waals surface area contributed by atoms with Gasteiger partial charge in [-0.2, -0.15) is 13.2 Å². The first-order valence-corrected chi connectivity index (χ1v) is 8.92. The molecule has 26 heavy (non-hydrogen) atoms. The van der Waals surface area contributed by atoms with Crippen LogP contribution < -0.4 is 15.4 Å². The van der Waals surface area contributed by atoms with E-state index >= 15 is 0 Å². The fourth-order valence-corrected chi connectivity index (χ4v) is 3.35. The number of nitrogens with one attached hydrogen (secondary N) is 2. The van der Waals surface area contributed by atoms with E-state index in [0.29, 0.717) is 18.6 Å². The van der Waals surface area contributed by atoms with Crippen molar-refractivity contribution in [2.45, 2.75) is 57.2 Å². The molecule has 3 rings (SSSR count). The monoisotopic (exact) mass is 371 g/mol. The molecule has 144 valence electrons. The van der Waals surface area contributed by atoms with E-state index in [4.69, 9.17) is 9.47 Å². The first-order chi connectivity index (χ1) is 12.4. The molecular formula is C18H24F3N3O2. The highest BCUT2D eigenvalue weighted by molar-refractivity contribution is 5.80. The Morgan fingerprint density at radius 3 is 2.85 bits per heavy atom. The lowest BCUT2D eigenvalue weighted by Crippen LogP contribution is -2.47. The lowest BCUT2D eigenvalue weighted by molar-refractivity contribution is -0.153. The van der Waals surface area contributed by atoms with Crippen LogP contribution in [0.25, 0.3) is 0 Å². The maximum atomic E-state index is 12.3. The molecule has 5 nitrogen and oxygen atoms in total. The summed E-state index contributed by atoms with van der Waals surface area (Å²) in [7, 11) is 0. The third kappa shape index (κ3) is 5.27. The quantitative estimate of drug-likeness (QED) is 0.596. The molecular weight excluding hydrogens is 347 g/mol. The summed E-state index contributed by atoms with van der Waals surface area (Å²) in [6.45, 7) is 1.76. The van der Waals surface area contributed by atoms with Gasteiger partial charge < -0.3 is 20.1 Å². The van der Waals surface area contributed by atoms with E-state index in [1.54, 1.807) is 12.1 Å². The van der Waals surface area contributed by atoms with Crippen LogP contribution in [0.4, 0.5) is 13.2 Å². The van der Waals surface area contributed by atoms with Gasteiger partial charge in [0.05, 0.1) is 24.8 Å². The van der Waals surface area contributed by atoms with Gasteiger partial charge in [0.1, 0.15) is 5.75 Å². The second kappa shape index (κ2) is 8.16. The van der Waals surface area contributed by atoms with Crippen molar-refractivity contribution in [2.24, 2.45) is 4.99 Å². The Labute approximate surface area is 151 Å². The van der Waals surface area contributed by atoms with Crippen LogP contribution >= 0.6 is 0 Å². The summed E-state index contributed by atoms with van der Waals surface area (Å²) in [6, 6.07) is 6.83. The van der Waals surface area contributed by atoms with Crippen molar-refractivity contribution in [3.8, 4) is 5.75 Å². The fraction of sp³-hybridized carbons (Fsp3) is 0.611. The predicted octanol–water partition coefficient (Wildman–Crippen LogP) is 3.00. The van der Waals surface area contributed by atoms with E-state index in [1.165, 1.54) is 6.07 Å². The van der Waals surface area contributed by atoms with Crippen molar-refractivity contribution in [1.29, 1.82) is 0 Å². The zero-order valence-corrected chi connectivity index (χ0v) is 14.7. The number of benzene rings is 1. The lowest BCUT2D eigenvalue weighted by Gasteiger charge is -2.22. The second-order valence-electron chi connectivity index (χ2n) is 6.61. The van der Waals surface area contributed by atoms with Crippen LogP contribution in [0, 0.1) is 0 Å². The first-order valence-electron chi connectivity index (χ1n) is 8.92. The molecule has 2 saturated heterocycles. The van der Waals surface area contributed by atoms with Crippen molar-refractivity contribution in [2.75, 3.05) is 13.2 Å². The number of hydrogen-bond acceptors (Lipinski definition) is 3. The minimum atomic E-state index is -4.35.